The van der Waals surface area contributed by atoms with Crippen LogP contribution in [0.25, 0.3) is 0 Å². The van der Waals surface area contributed by atoms with E-state index in [2.05, 4.69) is 29.2 Å². The second-order valence-corrected chi connectivity index (χ2v) is 8.58. The lowest BCUT2D eigenvalue weighted by atomic mass is 10.0. The van der Waals surface area contributed by atoms with Crippen LogP contribution < -0.4 is 5.32 Å². The monoisotopic (exact) mass is 404 g/mol. The maximum Gasteiger partial charge on any atom is 0.341 e. The predicted molar refractivity (Wildman–Crippen MR) is 110 cm³/mol. The quantitative estimate of drug-likeness (QED) is 0.743. The molecule has 1 aliphatic heterocycles. The van der Waals surface area contributed by atoms with Crippen molar-refractivity contribution in [2.24, 2.45) is 0 Å². The third kappa shape index (κ3) is 4.12. The topological polar surface area (TPSA) is 76.5 Å². The number of nitrogens with zero attached hydrogens (tertiary/aromatic N) is 3. The summed E-state index contributed by atoms with van der Waals surface area (Å²) in [6.07, 6.45) is 2.56. The van der Waals surface area contributed by atoms with Gasteiger partial charge in [-0.1, -0.05) is 0 Å². The molecule has 0 aromatic carbocycles. The minimum Gasteiger partial charge on any atom is -0.462 e. The van der Waals surface area contributed by atoms with E-state index in [1.54, 1.807) is 23.9 Å². The second kappa shape index (κ2) is 8.45. The van der Waals surface area contributed by atoms with Crippen LogP contribution in [0.5, 0.6) is 0 Å². The molecular formula is C20H28N4O3S. The highest BCUT2D eigenvalue weighted by Gasteiger charge is 2.30. The van der Waals surface area contributed by atoms with Crippen molar-refractivity contribution in [3.05, 3.63) is 34.0 Å². The molecule has 0 spiro atoms. The van der Waals surface area contributed by atoms with Gasteiger partial charge >= 0.3 is 5.97 Å². The molecule has 0 saturated carbocycles. The highest BCUT2D eigenvalue weighted by atomic mass is 32.1. The second-order valence-electron chi connectivity index (χ2n) is 7.47. The van der Waals surface area contributed by atoms with Crippen molar-refractivity contribution in [2.75, 3.05) is 18.5 Å². The van der Waals surface area contributed by atoms with Crippen LogP contribution in [0.3, 0.4) is 0 Å². The van der Waals surface area contributed by atoms with E-state index in [1.807, 2.05) is 13.8 Å². The number of aromatic nitrogens is 2. The Hall–Kier alpha value is -2.19. The van der Waals surface area contributed by atoms with E-state index in [1.165, 1.54) is 11.3 Å². The zero-order chi connectivity index (χ0) is 20.4. The number of rotatable bonds is 6. The number of carbonyl (C=O) groups excluding carboxylic acids is 2. The molecule has 28 heavy (non-hydrogen) atoms. The zero-order valence-electron chi connectivity index (χ0n) is 17.1. The summed E-state index contributed by atoms with van der Waals surface area (Å²) in [6, 6.07) is 2.29. The molecule has 1 amide bonds. The van der Waals surface area contributed by atoms with Gasteiger partial charge in [-0.2, -0.15) is 5.10 Å². The molecule has 0 atom stereocenters. The Morgan fingerprint density at radius 2 is 2.04 bits per heavy atom. The number of hydrogen-bond donors (Lipinski definition) is 1. The Morgan fingerprint density at radius 3 is 2.64 bits per heavy atom. The highest BCUT2D eigenvalue weighted by Crippen LogP contribution is 2.38. The fourth-order valence-corrected chi connectivity index (χ4v) is 4.54. The fraction of sp³-hybridized carbons (Fsp3) is 0.550. The van der Waals surface area contributed by atoms with Crippen molar-refractivity contribution >= 4 is 28.2 Å². The van der Waals surface area contributed by atoms with Crippen LogP contribution >= 0.6 is 11.3 Å². The molecule has 2 aromatic rings. The molecule has 2 aromatic heterocycles. The Morgan fingerprint density at radius 1 is 1.29 bits per heavy atom. The molecule has 0 saturated heterocycles. The number of amides is 1. The number of esters is 1. The van der Waals surface area contributed by atoms with Crippen molar-refractivity contribution in [2.45, 2.75) is 59.7 Å². The number of hydrogen-bond acceptors (Lipinski definition) is 6. The third-order valence-corrected chi connectivity index (χ3v) is 6.03. The Balaban J connectivity index is 1.90. The van der Waals surface area contributed by atoms with Gasteiger partial charge in [0.25, 0.3) is 5.91 Å². The molecule has 1 aliphatic rings. The van der Waals surface area contributed by atoms with Gasteiger partial charge in [0.05, 0.1) is 12.2 Å². The van der Waals surface area contributed by atoms with E-state index in [-0.39, 0.29) is 17.9 Å². The molecular weight excluding hydrogens is 376 g/mol. The molecule has 3 rings (SSSR count). The highest BCUT2D eigenvalue weighted by molar-refractivity contribution is 7.17. The molecule has 8 heteroatoms. The number of nitrogens with one attached hydrogen (secondary N) is 1. The van der Waals surface area contributed by atoms with Gasteiger partial charge in [0.15, 0.2) is 5.69 Å². The van der Waals surface area contributed by atoms with Crippen LogP contribution in [0, 0.1) is 0 Å². The van der Waals surface area contributed by atoms with Crippen LogP contribution in [0.15, 0.2) is 12.3 Å². The van der Waals surface area contributed by atoms with Crippen LogP contribution in [0.1, 0.15) is 71.9 Å². The van der Waals surface area contributed by atoms with E-state index in [4.69, 9.17) is 4.74 Å². The third-order valence-electron chi connectivity index (χ3n) is 4.89. The Bertz CT molecular complexity index is 869. The number of thiophene rings is 1. The zero-order valence-corrected chi connectivity index (χ0v) is 17.9. The van der Waals surface area contributed by atoms with E-state index in [9.17, 15) is 9.59 Å². The maximum absolute atomic E-state index is 12.7. The van der Waals surface area contributed by atoms with Crippen molar-refractivity contribution in [1.82, 2.24) is 14.7 Å². The molecule has 0 aliphatic carbocycles. The first-order chi connectivity index (χ1) is 13.3. The van der Waals surface area contributed by atoms with E-state index >= 15 is 0 Å². The van der Waals surface area contributed by atoms with Crippen molar-refractivity contribution in [3.8, 4) is 0 Å². The van der Waals surface area contributed by atoms with Gasteiger partial charge in [0.2, 0.25) is 0 Å². The van der Waals surface area contributed by atoms with Gasteiger partial charge in [-0.25, -0.2) is 4.79 Å². The lowest BCUT2D eigenvalue weighted by Crippen LogP contribution is -2.35. The van der Waals surface area contributed by atoms with Crippen molar-refractivity contribution < 1.29 is 14.3 Å². The Labute approximate surface area is 169 Å². The summed E-state index contributed by atoms with van der Waals surface area (Å²) in [4.78, 5) is 28.8. The van der Waals surface area contributed by atoms with Gasteiger partial charge in [0, 0.05) is 36.2 Å². The van der Waals surface area contributed by atoms with E-state index in [0.717, 1.165) is 30.0 Å². The Kier molecular flexibility index (Phi) is 6.20. The standard InChI is InChI=1S/C20H28N4O3S/c1-6-27-20(26)17-14-7-9-23(12(2)3)11-16(14)28-19(17)21-18(25)15-8-10-24(22-15)13(4)5/h8,10,12-13H,6-7,9,11H2,1-5H3,(H,21,25). The van der Waals surface area contributed by atoms with Crippen LogP contribution in [0.4, 0.5) is 5.00 Å². The lowest BCUT2D eigenvalue weighted by Gasteiger charge is -2.30. The summed E-state index contributed by atoms with van der Waals surface area (Å²) < 4.78 is 7.01. The first kappa shape index (κ1) is 20.5. The van der Waals surface area contributed by atoms with Crippen LogP contribution in [-0.4, -0.2) is 45.8 Å². The van der Waals surface area contributed by atoms with Crippen LogP contribution in [0.2, 0.25) is 0 Å². The number of fused-ring (bicyclic) bond motifs is 1. The molecule has 3 heterocycles. The van der Waals surface area contributed by atoms with Crippen molar-refractivity contribution in [1.29, 1.82) is 0 Å². The summed E-state index contributed by atoms with van der Waals surface area (Å²) in [5.74, 6) is -0.690. The van der Waals surface area contributed by atoms with Crippen molar-refractivity contribution in [3.63, 3.8) is 0 Å². The van der Waals surface area contributed by atoms with E-state index < -0.39 is 0 Å². The average Bonchev–Trinajstić information content (AvgIpc) is 3.26. The SMILES string of the molecule is CCOC(=O)c1c(NC(=O)c2ccn(C(C)C)n2)sc2c1CCN(C(C)C)C2. The van der Waals surface area contributed by atoms with Gasteiger partial charge in [-0.05, 0) is 52.7 Å². The number of ether oxygens (including phenoxy) is 1. The first-order valence-electron chi connectivity index (χ1n) is 9.74. The smallest absolute Gasteiger partial charge is 0.341 e. The fourth-order valence-electron chi connectivity index (χ4n) is 3.29. The minimum absolute atomic E-state index is 0.174. The lowest BCUT2D eigenvalue weighted by molar-refractivity contribution is 0.0526. The summed E-state index contributed by atoms with van der Waals surface area (Å²) >= 11 is 1.46. The summed E-state index contributed by atoms with van der Waals surface area (Å²) in [5, 5.41) is 7.78. The summed E-state index contributed by atoms with van der Waals surface area (Å²) in [7, 11) is 0. The van der Waals surface area contributed by atoms with Gasteiger partial charge in [-0.15, -0.1) is 11.3 Å². The molecule has 1 N–H and O–H groups in total. The molecule has 0 radical (unpaired) electrons. The molecule has 152 valence electrons. The normalized spacial score (nSPS) is 14.4. The van der Waals surface area contributed by atoms with E-state index in [0.29, 0.717) is 28.9 Å². The largest absolute Gasteiger partial charge is 0.462 e. The number of anilines is 1. The first-order valence-corrected chi connectivity index (χ1v) is 10.6. The average molecular weight is 405 g/mol. The van der Waals surface area contributed by atoms with Gasteiger partial charge in [-0.3, -0.25) is 14.4 Å². The number of carbonyl (C=O) groups is 2. The summed E-state index contributed by atoms with van der Waals surface area (Å²) in [5.41, 5.74) is 1.84. The van der Waals surface area contributed by atoms with Gasteiger partial charge < -0.3 is 10.1 Å². The van der Waals surface area contributed by atoms with Gasteiger partial charge in [0.1, 0.15) is 5.00 Å². The predicted octanol–water partition coefficient (Wildman–Crippen LogP) is 3.72. The summed E-state index contributed by atoms with van der Waals surface area (Å²) in [6.45, 7) is 12.1. The molecule has 0 unspecified atom stereocenters. The molecule has 0 fully saturated rings. The van der Waals surface area contributed by atoms with Crippen LogP contribution in [-0.2, 0) is 17.7 Å². The maximum atomic E-state index is 12.7. The minimum atomic E-state index is -0.374. The molecule has 0 bridgehead atoms. The molecule has 7 nitrogen and oxygen atoms in total.